The van der Waals surface area contributed by atoms with Crippen LogP contribution in [0.25, 0.3) is 0 Å². The number of carbonyl (C=O) groups is 4. The molecule has 4 N–H and O–H groups in total. The summed E-state index contributed by atoms with van der Waals surface area (Å²) in [5.74, 6) is -1.06. The summed E-state index contributed by atoms with van der Waals surface area (Å²) in [7, 11) is 3.25. The van der Waals surface area contributed by atoms with Crippen LogP contribution in [0.5, 0.6) is 0 Å². The lowest BCUT2D eigenvalue weighted by atomic mass is 9.94. The first-order valence-electron chi connectivity index (χ1n) is 9.76. The molecule has 0 bridgehead atoms. The predicted molar refractivity (Wildman–Crippen MR) is 113 cm³/mol. The van der Waals surface area contributed by atoms with E-state index in [1.807, 2.05) is 0 Å². The van der Waals surface area contributed by atoms with E-state index in [1.165, 1.54) is 7.05 Å². The second kappa shape index (κ2) is 8.90. The third-order valence-electron chi connectivity index (χ3n) is 5.14. The summed E-state index contributed by atoms with van der Waals surface area (Å²) in [6.45, 7) is 3.54. The number of hydrogen-bond donors (Lipinski definition) is 4. The molecule has 1 heterocycles. The first kappa shape index (κ1) is 21.9. The maximum Gasteiger partial charge on any atom is 0.418 e. The molecule has 1 aromatic carbocycles. The molecule has 3 rings (SSSR count). The zero-order chi connectivity index (χ0) is 22.6. The molecule has 1 saturated heterocycles. The van der Waals surface area contributed by atoms with Gasteiger partial charge < -0.3 is 26.0 Å². The highest BCUT2D eigenvalue weighted by Crippen LogP contribution is 2.45. The Morgan fingerprint density at radius 2 is 2.06 bits per heavy atom. The standard InChI is InChI=1S/C21H25N5O5/c1-13(7-9-22-2)11-24-17(27)12-26-18(28)21(31-20(26)30)8-6-14-10-15(4-5-16(14)21)25-19(29)23-3/h4-5,7,9-10,22H,1,6,8,11-12H2,2-3H3,(H,24,27)(H2,23,25,29)/b9-7-/t21-/m0/s1. The number of fused-ring (bicyclic) bond motifs is 2. The average molecular weight is 427 g/mol. The van der Waals surface area contributed by atoms with Gasteiger partial charge in [-0.3, -0.25) is 9.59 Å². The molecule has 0 unspecified atom stereocenters. The number of ether oxygens (including phenoxy) is 1. The molecule has 0 saturated carbocycles. The van der Waals surface area contributed by atoms with Crippen LogP contribution in [-0.2, 0) is 26.3 Å². The van der Waals surface area contributed by atoms with Gasteiger partial charge in [0, 0.05) is 38.3 Å². The maximum atomic E-state index is 13.1. The molecule has 31 heavy (non-hydrogen) atoms. The number of nitrogens with one attached hydrogen (secondary N) is 4. The zero-order valence-corrected chi connectivity index (χ0v) is 17.4. The maximum absolute atomic E-state index is 13.1. The van der Waals surface area contributed by atoms with E-state index in [2.05, 4.69) is 27.8 Å². The summed E-state index contributed by atoms with van der Waals surface area (Å²) in [4.78, 5) is 50.1. The van der Waals surface area contributed by atoms with E-state index < -0.39 is 30.1 Å². The number of imide groups is 1. The van der Waals surface area contributed by atoms with E-state index in [0.717, 1.165) is 10.5 Å². The molecule has 10 heteroatoms. The first-order chi connectivity index (χ1) is 14.8. The van der Waals surface area contributed by atoms with Crippen LogP contribution < -0.4 is 21.3 Å². The minimum absolute atomic E-state index is 0.184. The Bertz CT molecular complexity index is 973. The monoisotopic (exact) mass is 427 g/mol. The molecule has 1 atom stereocenters. The van der Waals surface area contributed by atoms with E-state index in [9.17, 15) is 19.2 Å². The van der Waals surface area contributed by atoms with E-state index in [4.69, 9.17) is 4.74 Å². The molecule has 1 fully saturated rings. The van der Waals surface area contributed by atoms with E-state index in [1.54, 1.807) is 37.5 Å². The minimum Gasteiger partial charge on any atom is -0.427 e. The molecule has 0 aromatic heterocycles. The van der Waals surface area contributed by atoms with Gasteiger partial charge in [-0.05, 0) is 42.0 Å². The van der Waals surface area contributed by atoms with Crippen molar-refractivity contribution in [2.75, 3.05) is 32.5 Å². The summed E-state index contributed by atoms with van der Waals surface area (Å²) in [5.41, 5.74) is 1.16. The molecular formula is C21H25N5O5. The first-order valence-corrected chi connectivity index (χ1v) is 9.76. The average Bonchev–Trinajstić information content (AvgIpc) is 3.23. The van der Waals surface area contributed by atoms with Crippen molar-refractivity contribution in [1.29, 1.82) is 0 Å². The summed E-state index contributed by atoms with van der Waals surface area (Å²) in [6.07, 6.45) is 3.30. The number of amides is 5. The molecule has 1 aliphatic carbocycles. The van der Waals surface area contributed by atoms with Crippen molar-refractivity contribution in [1.82, 2.24) is 20.9 Å². The lowest BCUT2D eigenvalue weighted by Crippen LogP contribution is -2.43. The normalized spacial score (nSPS) is 19.4. The molecule has 2 aliphatic rings. The van der Waals surface area contributed by atoms with Gasteiger partial charge in [0.1, 0.15) is 6.54 Å². The Morgan fingerprint density at radius 1 is 1.29 bits per heavy atom. The fourth-order valence-corrected chi connectivity index (χ4v) is 3.60. The van der Waals surface area contributed by atoms with Crippen LogP contribution in [0.2, 0.25) is 0 Å². The Labute approximate surface area is 179 Å². The Morgan fingerprint density at radius 3 is 2.77 bits per heavy atom. The highest BCUT2D eigenvalue weighted by Gasteiger charge is 2.58. The SMILES string of the molecule is C=C(/C=C\NC)CNC(=O)CN1C(=O)O[C@]2(CCc3cc(NC(=O)NC)ccc32)C1=O. The predicted octanol–water partition coefficient (Wildman–Crippen LogP) is 0.964. The highest BCUT2D eigenvalue weighted by atomic mass is 16.6. The molecular weight excluding hydrogens is 402 g/mol. The van der Waals surface area contributed by atoms with Gasteiger partial charge in [0.15, 0.2) is 0 Å². The summed E-state index contributed by atoms with van der Waals surface area (Å²) in [6, 6.07) is 4.69. The van der Waals surface area contributed by atoms with Gasteiger partial charge >= 0.3 is 12.1 Å². The van der Waals surface area contributed by atoms with Crippen molar-refractivity contribution in [3.63, 3.8) is 0 Å². The molecule has 10 nitrogen and oxygen atoms in total. The van der Waals surface area contributed by atoms with Gasteiger partial charge in [-0.15, -0.1) is 0 Å². The fraction of sp³-hybridized carbons (Fsp3) is 0.333. The van der Waals surface area contributed by atoms with Crippen molar-refractivity contribution < 1.29 is 23.9 Å². The van der Waals surface area contributed by atoms with Crippen LogP contribution in [0.3, 0.4) is 0 Å². The van der Waals surface area contributed by atoms with Crippen molar-refractivity contribution in [2.45, 2.75) is 18.4 Å². The number of urea groups is 1. The molecule has 164 valence electrons. The number of carbonyl (C=O) groups excluding carboxylic acids is 4. The van der Waals surface area contributed by atoms with Gasteiger partial charge in [0.25, 0.3) is 5.91 Å². The quantitative estimate of drug-likeness (QED) is 0.480. The molecule has 1 aliphatic heterocycles. The fourth-order valence-electron chi connectivity index (χ4n) is 3.60. The van der Waals surface area contributed by atoms with Gasteiger partial charge in [-0.1, -0.05) is 12.6 Å². The minimum atomic E-state index is -1.43. The molecule has 1 aromatic rings. The van der Waals surface area contributed by atoms with Crippen LogP contribution in [0.15, 0.2) is 42.6 Å². The lowest BCUT2D eigenvalue weighted by Gasteiger charge is -2.20. The number of anilines is 1. The third kappa shape index (κ3) is 4.37. The Hall–Kier alpha value is -3.82. The number of aryl methyl sites for hydroxylation is 1. The lowest BCUT2D eigenvalue weighted by molar-refractivity contribution is -0.139. The van der Waals surface area contributed by atoms with Gasteiger partial charge in [0.2, 0.25) is 11.5 Å². The van der Waals surface area contributed by atoms with Crippen molar-refractivity contribution in [2.24, 2.45) is 0 Å². The second-order valence-electron chi connectivity index (χ2n) is 7.22. The number of rotatable bonds is 7. The molecule has 5 amide bonds. The van der Waals surface area contributed by atoms with Crippen molar-refractivity contribution >= 4 is 29.6 Å². The number of benzene rings is 1. The van der Waals surface area contributed by atoms with Crippen LogP contribution in [0.1, 0.15) is 17.5 Å². The molecule has 1 spiro atoms. The van der Waals surface area contributed by atoms with Gasteiger partial charge in [0.05, 0.1) is 0 Å². The van der Waals surface area contributed by atoms with E-state index in [0.29, 0.717) is 23.2 Å². The third-order valence-corrected chi connectivity index (χ3v) is 5.14. The van der Waals surface area contributed by atoms with E-state index >= 15 is 0 Å². The van der Waals surface area contributed by atoms with Crippen LogP contribution >= 0.6 is 0 Å². The topological polar surface area (TPSA) is 129 Å². The van der Waals surface area contributed by atoms with Crippen LogP contribution in [-0.4, -0.2) is 56.0 Å². The summed E-state index contributed by atoms with van der Waals surface area (Å²) >= 11 is 0. The van der Waals surface area contributed by atoms with Crippen LogP contribution in [0, 0.1) is 0 Å². The Kier molecular flexibility index (Phi) is 6.28. The van der Waals surface area contributed by atoms with Crippen molar-refractivity contribution in [3.8, 4) is 0 Å². The van der Waals surface area contributed by atoms with Crippen LogP contribution in [0.4, 0.5) is 15.3 Å². The summed E-state index contributed by atoms with van der Waals surface area (Å²) < 4.78 is 5.50. The zero-order valence-electron chi connectivity index (χ0n) is 17.4. The summed E-state index contributed by atoms with van der Waals surface area (Å²) in [5, 5.41) is 10.6. The van der Waals surface area contributed by atoms with Gasteiger partial charge in [-0.25, -0.2) is 14.5 Å². The Balaban J connectivity index is 1.69. The highest BCUT2D eigenvalue weighted by molar-refractivity contribution is 6.06. The smallest absolute Gasteiger partial charge is 0.418 e. The number of nitrogens with zero attached hydrogens (tertiary/aromatic N) is 1. The van der Waals surface area contributed by atoms with Gasteiger partial charge in [-0.2, -0.15) is 0 Å². The number of hydrogen-bond acceptors (Lipinski definition) is 6. The van der Waals surface area contributed by atoms with Crippen molar-refractivity contribution in [3.05, 3.63) is 53.8 Å². The van der Waals surface area contributed by atoms with E-state index in [-0.39, 0.29) is 19.0 Å². The molecule has 0 radical (unpaired) electrons. The largest absolute Gasteiger partial charge is 0.427 e. The second-order valence-corrected chi connectivity index (χ2v) is 7.22.